The van der Waals surface area contributed by atoms with Crippen LogP contribution in [0.2, 0.25) is 0 Å². The number of hydrogen-bond donors (Lipinski definition) is 1. The Morgan fingerprint density at radius 1 is 1.52 bits per heavy atom. The van der Waals surface area contributed by atoms with Crippen LogP contribution in [0, 0.1) is 16.0 Å². The summed E-state index contributed by atoms with van der Waals surface area (Å²) in [6, 6.07) is 0.667. The average Bonchev–Trinajstić information content (AvgIpc) is 2.40. The Labute approximate surface area is 118 Å². The molecule has 2 atom stereocenters. The van der Waals surface area contributed by atoms with E-state index in [0.29, 0.717) is 25.2 Å². The van der Waals surface area contributed by atoms with Gasteiger partial charge < -0.3 is 10.0 Å². The molecule has 2 unspecified atom stereocenters. The van der Waals surface area contributed by atoms with Gasteiger partial charge >= 0.3 is 11.9 Å². The molecule has 1 aromatic rings. The van der Waals surface area contributed by atoms with E-state index in [4.69, 9.17) is 0 Å². The van der Waals surface area contributed by atoms with Crippen LogP contribution in [-0.4, -0.2) is 34.2 Å². The molecule has 9 heteroatoms. The number of anilines is 1. The second kappa shape index (κ2) is 5.47. The molecule has 0 saturated carbocycles. The van der Waals surface area contributed by atoms with E-state index in [-0.39, 0.29) is 18.2 Å². The fourth-order valence-corrected chi connectivity index (χ4v) is 2.25. The summed E-state index contributed by atoms with van der Waals surface area (Å²) in [7, 11) is 0. The molecule has 0 amide bonds. The molecule has 1 aliphatic heterocycles. The summed E-state index contributed by atoms with van der Waals surface area (Å²) in [6.07, 6.45) is -4.25. The molecule has 1 saturated heterocycles. The van der Waals surface area contributed by atoms with E-state index in [9.17, 15) is 28.4 Å². The molecule has 1 N–H and O–H groups in total. The number of nitro groups is 1. The second-order valence-corrected chi connectivity index (χ2v) is 5.09. The topological polar surface area (TPSA) is 79.5 Å². The third-order valence-corrected chi connectivity index (χ3v) is 3.61. The zero-order valence-corrected chi connectivity index (χ0v) is 11.2. The fourth-order valence-electron chi connectivity index (χ4n) is 2.25. The molecule has 1 aliphatic rings. The Kier molecular flexibility index (Phi) is 4.04. The minimum absolute atomic E-state index is 0.00392. The standard InChI is InChI=1S/C12H14F3N3O3/c1-7-2-3-17(6-10(7)19)8-4-11(12(13,14)15)16-5-9(8)18(20)21/h4-5,7,10,19H,2-3,6H2,1H3. The van der Waals surface area contributed by atoms with Crippen molar-refractivity contribution in [3.05, 3.63) is 28.1 Å². The highest BCUT2D eigenvalue weighted by Crippen LogP contribution is 2.36. The number of nitrogens with zero attached hydrogens (tertiary/aromatic N) is 3. The van der Waals surface area contributed by atoms with Crippen LogP contribution in [0.15, 0.2) is 12.3 Å². The number of alkyl halides is 3. The maximum Gasteiger partial charge on any atom is 0.433 e. The molecule has 2 heterocycles. The number of β-amino-alcohol motifs (C(OH)–C–C–N with tert-alkyl or cyclic N) is 1. The lowest BCUT2D eigenvalue weighted by atomic mass is 9.95. The van der Waals surface area contributed by atoms with Gasteiger partial charge in [0.15, 0.2) is 0 Å². The number of pyridine rings is 1. The van der Waals surface area contributed by atoms with Gasteiger partial charge in [-0.1, -0.05) is 6.92 Å². The van der Waals surface area contributed by atoms with Crippen LogP contribution in [-0.2, 0) is 6.18 Å². The van der Waals surface area contributed by atoms with Crippen LogP contribution >= 0.6 is 0 Å². The molecule has 6 nitrogen and oxygen atoms in total. The van der Waals surface area contributed by atoms with E-state index in [1.165, 1.54) is 4.90 Å². The number of aliphatic hydroxyl groups excluding tert-OH is 1. The van der Waals surface area contributed by atoms with Gasteiger partial charge in [-0.25, -0.2) is 4.98 Å². The van der Waals surface area contributed by atoms with Crippen molar-refractivity contribution < 1.29 is 23.2 Å². The lowest BCUT2D eigenvalue weighted by Crippen LogP contribution is -2.43. The van der Waals surface area contributed by atoms with Gasteiger partial charge in [-0.3, -0.25) is 10.1 Å². The Morgan fingerprint density at radius 3 is 2.71 bits per heavy atom. The molecule has 0 aromatic carbocycles. The molecule has 0 radical (unpaired) electrons. The van der Waals surface area contributed by atoms with Gasteiger partial charge in [-0.15, -0.1) is 0 Å². The van der Waals surface area contributed by atoms with Crippen molar-refractivity contribution >= 4 is 11.4 Å². The summed E-state index contributed by atoms with van der Waals surface area (Å²) in [5.41, 5.74) is -1.84. The molecule has 1 fully saturated rings. The van der Waals surface area contributed by atoms with Gasteiger partial charge in [0, 0.05) is 13.1 Å². The number of halogens is 3. The summed E-state index contributed by atoms with van der Waals surface area (Å²) in [5.74, 6) is 0.00392. The summed E-state index contributed by atoms with van der Waals surface area (Å²) in [4.78, 5) is 14.7. The van der Waals surface area contributed by atoms with Crippen LogP contribution in [0.1, 0.15) is 19.0 Å². The highest BCUT2D eigenvalue weighted by Gasteiger charge is 2.36. The summed E-state index contributed by atoms with van der Waals surface area (Å²) in [5, 5.41) is 20.8. The molecule has 1 aromatic heterocycles. The lowest BCUT2D eigenvalue weighted by molar-refractivity contribution is -0.384. The predicted octanol–water partition coefficient (Wildman–Crippen LogP) is 2.22. The van der Waals surface area contributed by atoms with Crippen LogP contribution in [0.5, 0.6) is 0 Å². The first kappa shape index (κ1) is 15.5. The summed E-state index contributed by atoms with van der Waals surface area (Å²) < 4.78 is 38.1. The molecular formula is C12H14F3N3O3. The molecule has 2 rings (SSSR count). The number of aliphatic hydroxyl groups is 1. The van der Waals surface area contributed by atoms with Crippen LogP contribution < -0.4 is 4.90 Å². The molecule has 21 heavy (non-hydrogen) atoms. The first-order valence-electron chi connectivity index (χ1n) is 6.34. The van der Waals surface area contributed by atoms with Crippen LogP contribution in [0.25, 0.3) is 0 Å². The largest absolute Gasteiger partial charge is 0.433 e. The van der Waals surface area contributed by atoms with Gasteiger partial charge in [0.25, 0.3) is 0 Å². The van der Waals surface area contributed by atoms with E-state index in [1.807, 2.05) is 6.92 Å². The average molecular weight is 305 g/mol. The lowest BCUT2D eigenvalue weighted by Gasteiger charge is -2.35. The Morgan fingerprint density at radius 2 is 2.19 bits per heavy atom. The summed E-state index contributed by atoms with van der Waals surface area (Å²) >= 11 is 0. The number of hydrogen-bond acceptors (Lipinski definition) is 5. The van der Waals surface area contributed by atoms with E-state index >= 15 is 0 Å². The molecule has 0 bridgehead atoms. The van der Waals surface area contributed by atoms with Gasteiger partial charge in [0.1, 0.15) is 17.6 Å². The van der Waals surface area contributed by atoms with Crippen molar-refractivity contribution in [2.45, 2.75) is 25.6 Å². The second-order valence-electron chi connectivity index (χ2n) is 5.09. The van der Waals surface area contributed by atoms with E-state index in [2.05, 4.69) is 4.98 Å². The van der Waals surface area contributed by atoms with Gasteiger partial charge in [0.05, 0.1) is 11.0 Å². The Balaban J connectivity index is 2.42. The van der Waals surface area contributed by atoms with Crippen molar-refractivity contribution in [3.63, 3.8) is 0 Å². The zero-order valence-electron chi connectivity index (χ0n) is 11.2. The third-order valence-electron chi connectivity index (χ3n) is 3.61. The number of piperidine rings is 1. The van der Waals surface area contributed by atoms with Gasteiger partial charge in [-0.05, 0) is 18.4 Å². The number of rotatable bonds is 2. The summed E-state index contributed by atoms with van der Waals surface area (Å²) in [6.45, 7) is 2.23. The van der Waals surface area contributed by atoms with Crippen molar-refractivity contribution in [2.24, 2.45) is 5.92 Å². The quantitative estimate of drug-likeness (QED) is 0.669. The maximum absolute atomic E-state index is 12.7. The minimum Gasteiger partial charge on any atom is -0.391 e. The first-order chi connectivity index (χ1) is 9.70. The highest BCUT2D eigenvalue weighted by atomic mass is 19.4. The van der Waals surface area contributed by atoms with Crippen molar-refractivity contribution in [1.29, 1.82) is 0 Å². The van der Waals surface area contributed by atoms with Gasteiger partial charge in [-0.2, -0.15) is 13.2 Å². The predicted molar refractivity (Wildman–Crippen MR) is 67.9 cm³/mol. The van der Waals surface area contributed by atoms with E-state index in [0.717, 1.165) is 0 Å². The number of aromatic nitrogens is 1. The molecule has 116 valence electrons. The Hall–Kier alpha value is -1.90. The van der Waals surface area contributed by atoms with E-state index in [1.54, 1.807) is 0 Å². The molecule has 0 spiro atoms. The first-order valence-corrected chi connectivity index (χ1v) is 6.34. The minimum atomic E-state index is -4.68. The maximum atomic E-state index is 12.7. The highest BCUT2D eigenvalue weighted by molar-refractivity contribution is 5.63. The monoisotopic (exact) mass is 305 g/mol. The fraction of sp³-hybridized carbons (Fsp3) is 0.583. The van der Waals surface area contributed by atoms with Crippen LogP contribution in [0.4, 0.5) is 24.5 Å². The van der Waals surface area contributed by atoms with E-state index < -0.39 is 28.6 Å². The smallest absolute Gasteiger partial charge is 0.391 e. The van der Waals surface area contributed by atoms with Gasteiger partial charge in [0.2, 0.25) is 0 Å². The molecule has 0 aliphatic carbocycles. The van der Waals surface area contributed by atoms with Crippen molar-refractivity contribution in [3.8, 4) is 0 Å². The normalized spacial score (nSPS) is 23.2. The Bertz CT molecular complexity index is 550. The van der Waals surface area contributed by atoms with Crippen LogP contribution in [0.3, 0.4) is 0 Å². The third kappa shape index (κ3) is 3.23. The zero-order chi connectivity index (χ0) is 15.8. The SMILES string of the molecule is CC1CCN(c2cc(C(F)(F)F)ncc2[N+](=O)[O-])CC1O. The molecular weight excluding hydrogens is 291 g/mol. The van der Waals surface area contributed by atoms with Crippen molar-refractivity contribution in [1.82, 2.24) is 4.98 Å². The van der Waals surface area contributed by atoms with Crippen molar-refractivity contribution in [2.75, 3.05) is 18.0 Å².